The Morgan fingerprint density at radius 3 is 2.50 bits per heavy atom. The summed E-state index contributed by atoms with van der Waals surface area (Å²) in [6.07, 6.45) is -0.294. The van der Waals surface area contributed by atoms with Gasteiger partial charge in [0.2, 0.25) is 5.91 Å². The summed E-state index contributed by atoms with van der Waals surface area (Å²) in [6, 6.07) is 11.5. The third-order valence-corrected chi connectivity index (χ3v) is 10.8. The lowest BCUT2D eigenvalue weighted by Gasteiger charge is -2.28. The highest BCUT2D eigenvalue weighted by Gasteiger charge is 2.35. The fourth-order valence-electron chi connectivity index (χ4n) is 4.25. The molecule has 2 aliphatic heterocycles. The van der Waals surface area contributed by atoms with Crippen LogP contribution in [0.25, 0.3) is 0 Å². The number of thiophene rings is 1. The van der Waals surface area contributed by atoms with Gasteiger partial charge in [-0.15, -0.1) is 15.7 Å². The van der Waals surface area contributed by atoms with Crippen LogP contribution < -0.4 is 10.2 Å². The van der Waals surface area contributed by atoms with Gasteiger partial charge in [0.25, 0.3) is 15.9 Å². The van der Waals surface area contributed by atoms with Crippen molar-refractivity contribution in [1.29, 1.82) is 0 Å². The van der Waals surface area contributed by atoms with Crippen LogP contribution in [0.5, 0.6) is 0 Å². The standard InChI is InChI=1S/C24H18ClN3O7S3/c1-13-26-19-9-15-10-22(30)28(24(31)18(15)11-20(19)38(34,35)27-13)16-4-2-14(3-5-16)8-17(29)12-37(32,33)23-7-6-21(25)36-23/h2-7,9,11H,8,10,12H2,1H3,(H,26,27). The highest BCUT2D eigenvalue weighted by Crippen LogP contribution is 2.34. The van der Waals surface area contributed by atoms with Crippen LogP contribution in [-0.4, -0.2) is 46.0 Å². The summed E-state index contributed by atoms with van der Waals surface area (Å²) < 4.78 is 53.8. The first-order chi connectivity index (χ1) is 17.8. The molecule has 0 radical (unpaired) electrons. The molecule has 0 atom stereocenters. The topological polar surface area (TPSA) is 147 Å². The van der Waals surface area contributed by atoms with Gasteiger partial charge < -0.3 is 5.32 Å². The predicted octanol–water partition coefficient (Wildman–Crippen LogP) is 3.25. The molecule has 14 heteroatoms. The van der Waals surface area contributed by atoms with Crippen LogP contribution in [0.4, 0.5) is 11.4 Å². The normalized spacial score (nSPS) is 16.4. The fourth-order valence-corrected chi connectivity index (χ4v) is 8.23. The van der Waals surface area contributed by atoms with E-state index in [1.165, 1.54) is 55.5 Å². The molecule has 5 rings (SSSR count). The molecule has 3 aromatic rings. The lowest BCUT2D eigenvalue weighted by atomic mass is 9.96. The van der Waals surface area contributed by atoms with E-state index in [0.717, 1.165) is 16.2 Å². The highest BCUT2D eigenvalue weighted by molar-refractivity contribution is 7.94. The number of imide groups is 1. The van der Waals surface area contributed by atoms with Gasteiger partial charge in [-0.1, -0.05) is 23.7 Å². The molecule has 0 bridgehead atoms. The Labute approximate surface area is 226 Å². The van der Waals surface area contributed by atoms with Crippen molar-refractivity contribution >= 4 is 77.6 Å². The number of rotatable bonds is 6. The first-order valence-corrected chi connectivity index (χ1v) is 15.3. The van der Waals surface area contributed by atoms with E-state index in [0.29, 0.717) is 15.5 Å². The minimum atomic E-state index is -4.00. The van der Waals surface area contributed by atoms with Crippen LogP contribution >= 0.6 is 22.9 Å². The summed E-state index contributed by atoms with van der Waals surface area (Å²) in [4.78, 5) is 39.4. The molecule has 3 heterocycles. The van der Waals surface area contributed by atoms with E-state index in [2.05, 4.69) is 9.71 Å². The fraction of sp³-hybridized carbons (Fsp3) is 0.167. The third kappa shape index (κ3) is 4.89. The van der Waals surface area contributed by atoms with Crippen molar-refractivity contribution in [3.8, 4) is 0 Å². The maximum absolute atomic E-state index is 13.3. The number of amidine groups is 1. The largest absolute Gasteiger partial charge is 0.342 e. The lowest BCUT2D eigenvalue weighted by Crippen LogP contribution is -2.42. The summed E-state index contributed by atoms with van der Waals surface area (Å²) >= 11 is 6.67. The third-order valence-electron chi connectivity index (χ3n) is 5.88. The van der Waals surface area contributed by atoms with Crippen LogP contribution in [0.3, 0.4) is 0 Å². The maximum Gasteiger partial charge on any atom is 0.286 e. The predicted molar refractivity (Wildman–Crippen MR) is 142 cm³/mol. The van der Waals surface area contributed by atoms with Crippen molar-refractivity contribution in [1.82, 2.24) is 0 Å². The molecule has 0 unspecified atom stereocenters. The van der Waals surface area contributed by atoms with Crippen molar-refractivity contribution < 1.29 is 31.2 Å². The lowest BCUT2D eigenvalue weighted by molar-refractivity contribution is -0.118. The molecule has 0 saturated heterocycles. The second kappa shape index (κ2) is 9.42. The number of anilines is 2. The number of hydrogen-bond acceptors (Lipinski definition) is 9. The minimum Gasteiger partial charge on any atom is -0.342 e. The maximum atomic E-state index is 13.3. The molecular formula is C24H18ClN3O7S3. The summed E-state index contributed by atoms with van der Waals surface area (Å²) in [6.45, 7) is 1.49. The van der Waals surface area contributed by atoms with Gasteiger partial charge in [-0.05, 0) is 54.4 Å². The van der Waals surface area contributed by atoms with Crippen LogP contribution in [0.15, 0.2) is 62.0 Å². The number of fused-ring (bicyclic) bond motifs is 2. The second-order valence-electron chi connectivity index (χ2n) is 8.69. The zero-order valence-corrected chi connectivity index (χ0v) is 22.8. The average Bonchev–Trinajstić information content (AvgIpc) is 3.26. The molecule has 1 aromatic heterocycles. The molecule has 1 N–H and O–H groups in total. The van der Waals surface area contributed by atoms with Gasteiger partial charge in [0, 0.05) is 12.0 Å². The molecule has 196 valence electrons. The number of amides is 2. The second-order valence-corrected chi connectivity index (χ2v) is 14.2. The van der Waals surface area contributed by atoms with E-state index >= 15 is 0 Å². The van der Waals surface area contributed by atoms with E-state index in [-0.39, 0.29) is 44.7 Å². The monoisotopic (exact) mass is 591 g/mol. The number of halogens is 1. The first kappa shape index (κ1) is 26.2. The van der Waals surface area contributed by atoms with E-state index in [1.807, 2.05) is 0 Å². The first-order valence-electron chi connectivity index (χ1n) is 11.1. The Hall–Kier alpha value is -3.39. The van der Waals surface area contributed by atoms with Crippen molar-refractivity contribution in [2.45, 2.75) is 28.9 Å². The molecule has 10 nitrogen and oxygen atoms in total. The number of carbonyl (C=O) groups is 3. The number of sulfone groups is 1. The van der Waals surface area contributed by atoms with Crippen LogP contribution in [0.2, 0.25) is 4.34 Å². The van der Waals surface area contributed by atoms with Gasteiger partial charge in [-0.25, -0.2) is 13.3 Å². The van der Waals surface area contributed by atoms with Crippen molar-refractivity contribution in [3.63, 3.8) is 0 Å². The Morgan fingerprint density at radius 1 is 1.13 bits per heavy atom. The Morgan fingerprint density at radius 2 is 1.84 bits per heavy atom. The molecule has 38 heavy (non-hydrogen) atoms. The van der Waals surface area contributed by atoms with Crippen LogP contribution in [0, 0.1) is 0 Å². The molecular weight excluding hydrogens is 574 g/mol. The van der Waals surface area contributed by atoms with Crippen molar-refractivity contribution in [2.75, 3.05) is 16.0 Å². The number of ketones is 1. The zero-order valence-electron chi connectivity index (χ0n) is 19.6. The summed E-state index contributed by atoms with van der Waals surface area (Å²) in [5, 5.41) is 2.85. The number of benzene rings is 2. The number of carbonyl (C=O) groups excluding carboxylic acids is 3. The van der Waals surface area contributed by atoms with Crippen molar-refractivity contribution in [3.05, 3.63) is 69.6 Å². The number of sulfonamides is 1. The number of nitrogens with one attached hydrogen (secondary N) is 1. The van der Waals surface area contributed by atoms with E-state index in [9.17, 15) is 31.2 Å². The SMILES string of the molecule is CC1=NS(=O)(=O)c2cc3c(cc2N1)CC(=O)N(c1ccc(CC(=O)CS(=O)(=O)c2ccc(Cl)s2)cc1)C3=O. The quantitative estimate of drug-likeness (QED) is 0.430. The van der Waals surface area contributed by atoms with Crippen LogP contribution in [0.1, 0.15) is 28.4 Å². The molecule has 2 amide bonds. The zero-order chi connectivity index (χ0) is 27.4. The molecule has 2 aromatic carbocycles. The summed E-state index contributed by atoms with van der Waals surface area (Å²) in [5.74, 6) is -2.23. The highest BCUT2D eigenvalue weighted by atomic mass is 35.5. The van der Waals surface area contributed by atoms with E-state index < -0.39 is 43.2 Å². The molecule has 0 fully saturated rings. The minimum absolute atomic E-state index is 0.0142. The van der Waals surface area contributed by atoms with E-state index in [4.69, 9.17) is 11.6 Å². The van der Waals surface area contributed by atoms with Gasteiger partial charge >= 0.3 is 0 Å². The van der Waals surface area contributed by atoms with Gasteiger partial charge in [-0.2, -0.15) is 8.42 Å². The van der Waals surface area contributed by atoms with Crippen molar-refractivity contribution in [2.24, 2.45) is 4.40 Å². The Kier molecular flexibility index (Phi) is 6.50. The number of Topliss-reactive ketones (excluding diaryl/α,β-unsaturated/α-hetero) is 1. The smallest absolute Gasteiger partial charge is 0.286 e. The molecule has 2 aliphatic rings. The molecule has 0 spiro atoms. The summed E-state index contributed by atoms with van der Waals surface area (Å²) in [5.41, 5.74) is 1.44. The van der Waals surface area contributed by atoms with Crippen LogP contribution in [-0.2, 0) is 42.3 Å². The number of nitrogens with zero attached hydrogens (tertiary/aromatic N) is 2. The van der Waals surface area contributed by atoms with Gasteiger partial charge in [0.1, 0.15) is 20.7 Å². The molecule has 0 aliphatic carbocycles. The van der Waals surface area contributed by atoms with Gasteiger partial charge in [0.15, 0.2) is 15.6 Å². The Balaban J connectivity index is 1.35. The number of hydrogen-bond donors (Lipinski definition) is 1. The average molecular weight is 592 g/mol. The van der Waals surface area contributed by atoms with E-state index in [1.54, 1.807) is 0 Å². The Bertz CT molecular complexity index is 1780. The molecule has 0 saturated carbocycles. The summed E-state index contributed by atoms with van der Waals surface area (Å²) in [7, 11) is -7.82. The van der Waals surface area contributed by atoms with Gasteiger partial charge in [0.05, 0.1) is 22.1 Å². The van der Waals surface area contributed by atoms with Gasteiger partial charge in [-0.3, -0.25) is 14.4 Å².